The molecule has 19 heavy (non-hydrogen) atoms. The maximum Gasteiger partial charge on any atom is 0.337 e. The lowest BCUT2D eigenvalue weighted by Gasteiger charge is -2.39. The molecule has 3 N–H and O–H groups in total. The van der Waals surface area contributed by atoms with Crippen LogP contribution in [-0.4, -0.2) is 53.7 Å². The van der Waals surface area contributed by atoms with Gasteiger partial charge in [0.15, 0.2) is 0 Å². The highest BCUT2D eigenvalue weighted by atomic mass is 16.4. The minimum absolute atomic E-state index is 0.122. The minimum atomic E-state index is -1.01. The topological polar surface area (TPSA) is 82.7 Å². The Morgan fingerprint density at radius 1 is 1.58 bits per heavy atom. The van der Waals surface area contributed by atoms with Crippen molar-refractivity contribution in [3.63, 3.8) is 0 Å². The molecule has 0 bridgehead atoms. The summed E-state index contributed by atoms with van der Waals surface area (Å²) in [5.74, 6) is -0.319. The van der Waals surface area contributed by atoms with Gasteiger partial charge in [0.25, 0.3) is 0 Å². The Morgan fingerprint density at radius 3 is 2.95 bits per heavy atom. The van der Waals surface area contributed by atoms with Gasteiger partial charge in [0.05, 0.1) is 17.4 Å². The highest BCUT2D eigenvalue weighted by molar-refractivity contribution is 5.94. The lowest BCUT2D eigenvalue weighted by atomic mass is 10.1. The van der Waals surface area contributed by atoms with E-state index in [0.717, 1.165) is 26.1 Å². The van der Waals surface area contributed by atoms with Gasteiger partial charge in [0.1, 0.15) is 5.82 Å². The molecule has 0 aromatic carbocycles. The van der Waals surface area contributed by atoms with Gasteiger partial charge in [-0.2, -0.15) is 0 Å². The van der Waals surface area contributed by atoms with E-state index in [9.17, 15) is 4.79 Å². The van der Waals surface area contributed by atoms with Gasteiger partial charge in [-0.05, 0) is 19.5 Å². The molecular weight excluding hydrogens is 244 g/mol. The maximum atomic E-state index is 11.1. The molecule has 0 radical (unpaired) electrons. The molecule has 1 atom stereocenters. The largest absolute Gasteiger partial charge is 0.478 e. The number of carbonyl (C=O) groups is 1. The van der Waals surface area contributed by atoms with Crippen LogP contribution in [0, 0.1) is 0 Å². The number of nitrogens with zero attached hydrogens (tertiary/aromatic N) is 3. The Labute approximate surface area is 112 Å². The van der Waals surface area contributed by atoms with Gasteiger partial charge in [-0.3, -0.25) is 4.90 Å². The third-order valence-electron chi connectivity index (χ3n) is 3.72. The van der Waals surface area contributed by atoms with Crippen molar-refractivity contribution in [3.05, 3.63) is 17.8 Å². The number of piperazine rings is 1. The summed E-state index contributed by atoms with van der Waals surface area (Å²) in [5, 5.41) is 9.09. The second-order valence-electron chi connectivity index (χ2n) is 4.92. The van der Waals surface area contributed by atoms with Crippen LogP contribution in [0.3, 0.4) is 0 Å². The van der Waals surface area contributed by atoms with Crippen molar-refractivity contribution in [3.8, 4) is 0 Å². The van der Waals surface area contributed by atoms with E-state index in [1.54, 1.807) is 6.07 Å². The first kappa shape index (κ1) is 13.6. The number of rotatable bonds is 3. The summed E-state index contributed by atoms with van der Waals surface area (Å²) in [4.78, 5) is 19.8. The Kier molecular flexibility index (Phi) is 3.90. The van der Waals surface area contributed by atoms with E-state index in [1.165, 1.54) is 6.20 Å². The number of carboxylic acids is 1. The quantitative estimate of drug-likeness (QED) is 0.843. The second-order valence-corrected chi connectivity index (χ2v) is 4.92. The molecule has 104 valence electrons. The lowest BCUT2D eigenvalue weighted by molar-refractivity contribution is 0.0698. The molecule has 1 aliphatic rings. The van der Waals surface area contributed by atoms with Crippen LogP contribution in [0.5, 0.6) is 0 Å². The van der Waals surface area contributed by atoms with Gasteiger partial charge in [-0.1, -0.05) is 6.92 Å². The number of hydrogen-bond donors (Lipinski definition) is 2. The van der Waals surface area contributed by atoms with E-state index in [-0.39, 0.29) is 11.3 Å². The summed E-state index contributed by atoms with van der Waals surface area (Å²) in [6, 6.07) is 2.04. The van der Waals surface area contributed by atoms with Crippen LogP contribution < -0.4 is 10.6 Å². The third-order valence-corrected chi connectivity index (χ3v) is 3.72. The van der Waals surface area contributed by atoms with Crippen molar-refractivity contribution >= 4 is 17.5 Å². The van der Waals surface area contributed by atoms with Gasteiger partial charge >= 0.3 is 5.97 Å². The predicted octanol–water partition coefficient (Wildman–Crippen LogP) is 0.892. The lowest BCUT2D eigenvalue weighted by Crippen LogP contribution is -2.51. The maximum absolute atomic E-state index is 11.1. The number of anilines is 2. The monoisotopic (exact) mass is 264 g/mol. The van der Waals surface area contributed by atoms with Crippen LogP contribution >= 0.6 is 0 Å². The molecule has 1 aromatic heterocycles. The summed E-state index contributed by atoms with van der Waals surface area (Å²) in [6.45, 7) is 4.82. The van der Waals surface area contributed by atoms with E-state index in [0.29, 0.717) is 11.9 Å². The fourth-order valence-corrected chi connectivity index (χ4v) is 2.41. The molecular formula is C13H20N4O2. The first-order valence-corrected chi connectivity index (χ1v) is 6.47. The number of aromatic carboxylic acids is 1. The highest BCUT2D eigenvalue weighted by Crippen LogP contribution is 2.21. The number of nitrogens with two attached hydrogens (primary N) is 1. The van der Waals surface area contributed by atoms with Gasteiger partial charge in [0, 0.05) is 25.7 Å². The number of aromatic nitrogens is 1. The molecule has 0 spiro atoms. The third kappa shape index (κ3) is 2.78. The molecule has 1 unspecified atom stereocenters. The number of likely N-dealkylation sites (N-methyl/N-ethyl adjacent to an activating group) is 1. The van der Waals surface area contributed by atoms with Crippen LogP contribution in [0.1, 0.15) is 23.7 Å². The molecule has 6 heteroatoms. The van der Waals surface area contributed by atoms with Crippen molar-refractivity contribution in [1.29, 1.82) is 0 Å². The SMILES string of the molecule is CCC1CN(c2cc(C(=O)O)c(N)cn2)CCN1C. The van der Waals surface area contributed by atoms with E-state index in [2.05, 4.69) is 28.8 Å². The van der Waals surface area contributed by atoms with Crippen LogP contribution in [0.4, 0.5) is 11.5 Å². The molecule has 1 aromatic rings. The van der Waals surface area contributed by atoms with Crippen molar-refractivity contribution < 1.29 is 9.90 Å². The zero-order valence-corrected chi connectivity index (χ0v) is 11.3. The summed E-state index contributed by atoms with van der Waals surface area (Å²) in [7, 11) is 2.12. The fourth-order valence-electron chi connectivity index (χ4n) is 2.41. The van der Waals surface area contributed by atoms with E-state index < -0.39 is 5.97 Å². The highest BCUT2D eigenvalue weighted by Gasteiger charge is 2.24. The van der Waals surface area contributed by atoms with Crippen LogP contribution in [-0.2, 0) is 0 Å². The Morgan fingerprint density at radius 2 is 2.32 bits per heavy atom. The summed E-state index contributed by atoms with van der Waals surface area (Å²) < 4.78 is 0. The smallest absolute Gasteiger partial charge is 0.337 e. The average Bonchev–Trinajstić information content (AvgIpc) is 2.39. The van der Waals surface area contributed by atoms with E-state index in [4.69, 9.17) is 10.8 Å². The fraction of sp³-hybridized carbons (Fsp3) is 0.538. The standard InChI is InChI=1S/C13H20N4O2/c1-3-9-8-17(5-4-16(9)2)12-6-10(13(18)19)11(14)7-15-12/h6-7,9H,3-5,8,14H2,1-2H3,(H,18,19). The van der Waals surface area contributed by atoms with Gasteiger partial charge < -0.3 is 15.7 Å². The Balaban J connectivity index is 2.22. The van der Waals surface area contributed by atoms with E-state index in [1.807, 2.05) is 0 Å². The second kappa shape index (κ2) is 5.44. The van der Waals surface area contributed by atoms with Crippen molar-refractivity contribution in [1.82, 2.24) is 9.88 Å². The normalized spacial score (nSPS) is 20.5. The summed E-state index contributed by atoms with van der Waals surface area (Å²) in [6.07, 6.45) is 2.49. The first-order valence-electron chi connectivity index (χ1n) is 6.47. The summed E-state index contributed by atoms with van der Waals surface area (Å²) >= 11 is 0. The predicted molar refractivity (Wildman–Crippen MR) is 74.5 cm³/mol. The zero-order chi connectivity index (χ0) is 14.0. The molecule has 2 rings (SSSR count). The molecule has 6 nitrogen and oxygen atoms in total. The molecule has 1 fully saturated rings. The van der Waals surface area contributed by atoms with Crippen molar-refractivity contribution in [2.75, 3.05) is 37.3 Å². The Hall–Kier alpha value is -1.82. The molecule has 2 heterocycles. The summed E-state index contributed by atoms with van der Waals surface area (Å²) in [5.41, 5.74) is 5.95. The number of nitrogen functional groups attached to an aromatic ring is 1. The van der Waals surface area contributed by atoms with Gasteiger partial charge in [0.2, 0.25) is 0 Å². The van der Waals surface area contributed by atoms with Gasteiger partial charge in [-0.25, -0.2) is 9.78 Å². The zero-order valence-electron chi connectivity index (χ0n) is 11.3. The number of hydrogen-bond acceptors (Lipinski definition) is 5. The minimum Gasteiger partial charge on any atom is -0.478 e. The number of carboxylic acid groups (broad SMARTS) is 1. The Bertz CT molecular complexity index is 478. The van der Waals surface area contributed by atoms with E-state index >= 15 is 0 Å². The molecule has 0 amide bonds. The van der Waals surface area contributed by atoms with Crippen LogP contribution in [0.15, 0.2) is 12.3 Å². The molecule has 1 saturated heterocycles. The van der Waals surface area contributed by atoms with Gasteiger partial charge in [-0.15, -0.1) is 0 Å². The average molecular weight is 264 g/mol. The number of pyridine rings is 1. The molecule has 1 aliphatic heterocycles. The van der Waals surface area contributed by atoms with Crippen molar-refractivity contribution in [2.45, 2.75) is 19.4 Å². The van der Waals surface area contributed by atoms with Crippen LogP contribution in [0.25, 0.3) is 0 Å². The molecule has 0 aliphatic carbocycles. The molecule has 0 saturated carbocycles. The van der Waals surface area contributed by atoms with Crippen LogP contribution in [0.2, 0.25) is 0 Å². The first-order chi connectivity index (χ1) is 9.02. The van der Waals surface area contributed by atoms with Crippen molar-refractivity contribution in [2.24, 2.45) is 0 Å².